The number of benzene rings is 1. The van der Waals surface area contributed by atoms with Gasteiger partial charge in [-0.25, -0.2) is 5.43 Å². The van der Waals surface area contributed by atoms with Crippen molar-refractivity contribution in [1.29, 1.82) is 0 Å². The van der Waals surface area contributed by atoms with E-state index >= 15 is 0 Å². The van der Waals surface area contributed by atoms with Gasteiger partial charge in [0, 0.05) is 11.4 Å². The van der Waals surface area contributed by atoms with Gasteiger partial charge in [0.2, 0.25) is 0 Å². The van der Waals surface area contributed by atoms with E-state index in [0.29, 0.717) is 0 Å². The summed E-state index contributed by atoms with van der Waals surface area (Å²) in [4.78, 5) is 11.5. The number of aryl methyl sites for hydroxylation is 2. The zero-order valence-corrected chi connectivity index (χ0v) is 11.5. The lowest BCUT2D eigenvalue weighted by Crippen LogP contribution is -2.26. The van der Waals surface area contributed by atoms with Crippen molar-refractivity contribution in [1.82, 2.24) is 5.43 Å². The lowest BCUT2D eigenvalue weighted by Gasteiger charge is -2.09. The summed E-state index contributed by atoms with van der Waals surface area (Å²) in [6, 6.07) is 6.09. The van der Waals surface area contributed by atoms with Crippen LogP contribution < -0.4 is 10.7 Å². The van der Waals surface area contributed by atoms with Crippen molar-refractivity contribution < 1.29 is 4.79 Å². The second kappa shape index (κ2) is 6.79. The molecule has 0 aliphatic heterocycles. The van der Waals surface area contributed by atoms with Crippen LogP contribution in [0.5, 0.6) is 0 Å². The highest BCUT2D eigenvalue weighted by atomic mass is 16.2. The first-order valence-electron chi connectivity index (χ1n) is 6.16. The van der Waals surface area contributed by atoms with Crippen molar-refractivity contribution in [2.45, 2.75) is 34.1 Å². The molecule has 98 valence electrons. The van der Waals surface area contributed by atoms with Gasteiger partial charge >= 0.3 is 0 Å². The first-order chi connectivity index (χ1) is 8.52. The van der Waals surface area contributed by atoms with E-state index in [-0.39, 0.29) is 12.5 Å². The molecule has 0 radical (unpaired) electrons. The number of hydrogen-bond acceptors (Lipinski definition) is 3. The van der Waals surface area contributed by atoms with Crippen molar-refractivity contribution in [3.8, 4) is 0 Å². The van der Waals surface area contributed by atoms with Crippen LogP contribution in [0, 0.1) is 13.8 Å². The molecule has 0 fully saturated rings. The Balaban J connectivity index is 2.47. The van der Waals surface area contributed by atoms with Gasteiger partial charge in [-0.15, -0.1) is 0 Å². The van der Waals surface area contributed by atoms with Crippen LogP contribution >= 0.6 is 0 Å². The van der Waals surface area contributed by atoms with Crippen molar-refractivity contribution >= 4 is 17.3 Å². The predicted octanol–water partition coefficient (Wildman–Crippen LogP) is 2.62. The second-order valence-corrected chi connectivity index (χ2v) is 4.41. The highest BCUT2D eigenvalue weighted by Crippen LogP contribution is 2.15. The van der Waals surface area contributed by atoms with Crippen LogP contribution in [-0.4, -0.2) is 18.2 Å². The molecule has 0 saturated carbocycles. The topological polar surface area (TPSA) is 53.5 Å². The molecule has 0 aliphatic rings. The van der Waals surface area contributed by atoms with Crippen molar-refractivity contribution in [2.75, 3.05) is 11.9 Å². The van der Waals surface area contributed by atoms with E-state index < -0.39 is 0 Å². The molecule has 2 N–H and O–H groups in total. The quantitative estimate of drug-likeness (QED) is 0.620. The Kier molecular flexibility index (Phi) is 5.36. The SMILES string of the molecule is CCC(C)=NNC(=O)CNc1ccc(C)cc1C. The van der Waals surface area contributed by atoms with Crippen LogP contribution in [-0.2, 0) is 4.79 Å². The standard InChI is InChI=1S/C14H21N3O/c1-5-12(4)16-17-14(18)9-15-13-7-6-10(2)8-11(13)3/h6-8,15H,5,9H2,1-4H3,(H,17,18). The molecule has 0 aromatic heterocycles. The van der Waals surface area contributed by atoms with E-state index in [1.54, 1.807) is 0 Å². The van der Waals surface area contributed by atoms with Gasteiger partial charge in [0.25, 0.3) is 5.91 Å². The number of nitrogens with zero attached hydrogens (tertiary/aromatic N) is 1. The van der Waals surface area contributed by atoms with Gasteiger partial charge in [-0.05, 0) is 38.8 Å². The van der Waals surface area contributed by atoms with Crippen molar-refractivity contribution in [3.05, 3.63) is 29.3 Å². The molecule has 1 aromatic carbocycles. The normalized spacial score (nSPS) is 11.2. The fourth-order valence-corrected chi connectivity index (χ4v) is 1.46. The van der Waals surface area contributed by atoms with E-state index in [4.69, 9.17) is 0 Å². The van der Waals surface area contributed by atoms with Crippen LogP contribution in [0.25, 0.3) is 0 Å². The minimum atomic E-state index is -0.136. The highest BCUT2D eigenvalue weighted by Gasteiger charge is 2.02. The zero-order valence-electron chi connectivity index (χ0n) is 11.5. The molecule has 1 rings (SSSR count). The predicted molar refractivity (Wildman–Crippen MR) is 75.9 cm³/mol. The fourth-order valence-electron chi connectivity index (χ4n) is 1.46. The van der Waals surface area contributed by atoms with Crippen molar-refractivity contribution in [2.24, 2.45) is 5.10 Å². The maximum Gasteiger partial charge on any atom is 0.259 e. The van der Waals surface area contributed by atoms with Gasteiger partial charge in [0.1, 0.15) is 0 Å². The van der Waals surface area contributed by atoms with Crippen LogP contribution in [0.15, 0.2) is 23.3 Å². The molecular formula is C14H21N3O. The summed E-state index contributed by atoms with van der Waals surface area (Å²) in [5, 5.41) is 7.07. The summed E-state index contributed by atoms with van der Waals surface area (Å²) in [5.74, 6) is -0.136. The third kappa shape index (κ3) is 4.57. The van der Waals surface area contributed by atoms with Crippen LogP contribution in [0.2, 0.25) is 0 Å². The molecule has 0 unspecified atom stereocenters. The molecule has 1 aromatic rings. The molecule has 0 atom stereocenters. The summed E-state index contributed by atoms with van der Waals surface area (Å²) in [7, 11) is 0. The van der Waals surface area contributed by atoms with Crippen LogP contribution in [0.3, 0.4) is 0 Å². The van der Waals surface area contributed by atoms with Crippen LogP contribution in [0.4, 0.5) is 5.69 Å². The Morgan fingerprint density at radius 2 is 2.06 bits per heavy atom. The minimum Gasteiger partial charge on any atom is -0.376 e. The van der Waals surface area contributed by atoms with Crippen LogP contribution in [0.1, 0.15) is 31.4 Å². The summed E-state index contributed by atoms with van der Waals surface area (Å²) < 4.78 is 0. The number of amides is 1. The molecule has 0 spiro atoms. The molecule has 0 bridgehead atoms. The number of rotatable bonds is 5. The molecule has 1 amide bonds. The third-order valence-electron chi connectivity index (χ3n) is 2.70. The van der Waals surface area contributed by atoms with E-state index in [1.165, 1.54) is 5.56 Å². The summed E-state index contributed by atoms with van der Waals surface area (Å²) in [6.45, 7) is 8.18. The third-order valence-corrected chi connectivity index (χ3v) is 2.70. The van der Waals surface area contributed by atoms with Gasteiger partial charge in [0.15, 0.2) is 0 Å². The Morgan fingerprint density at radius 3 is 2.67 bits per heavy atom. The van der Waals surface area contributed by atoms with E-state index in [1.807, 2.05) is 39.8 Å². The fraction of sp³-hybridized carbons (Fsp3) is 0.429. The first kappa shape index (κ1) is 14.2. The molecule has 4 heteroatoms. The van der Waals surface area contributed by atoms with Gasteiger partial charge in [0.05, 0.1) is 6.54 Å². The summed E-state index contributed by atoms with van der Waals surface area (Å²) >= 11 is 0. The highest BCUT2D eigenvalue weighted by molar-refractivity contribution is 5.85. The molecule has 0 aliphatic carbocycles. The van der Waals surface area contributed by atoms with Gasteiger partial charge in [-0.1, -0.05) is 24.6 Å². The van der Waals surface area contributed by atoms with E-state index in [9.17, 15) is 4.79 Å². The minimum absolute atomic E-state index is 0.136. The zero-order chi connectivity index (χ0) is 13.5. The van der Waals surface area contributed by atoms with E-state index in [2.05, 4.69) is 21.9 Å². The Labute approximate surface area is 108 Å². The Morgan fingerprint density at radius 1 is 1.33 bits per heavy atom. The number of hydrazone groups is 1. The number of carbonyl (C=O) groups excluding carboxylic acids is 1. The van der Waals surface area contributed by atoms with Crippen molar-refractivity contribution in [3.63, 3.8) is 0 Å². The number of anilines is 1. The lowest BCUT2D eigenvalue weighted by atomic mass is 10.1. The average molecular weight is 247 g/mol. The lowest BCUT2D eigenvalue weighted by molar-refractivity contribution is -0.119. The molecule has 0 heterocycles. The van der Waals surface area contributed by atoms with E-state index in [0.717, 1.165) is 23.4 Å². The largest absolute Gasteiger partial charge is 0.376 e. The van der Waals surface area contributed by atoms with Gasteiger partial charge in [-0.2, -0.15) is 5.10 Å². The molecular weight excluding hydrogens is 226 g/mol. The summed E-state index contributed by atoms with van der Waals surface area (Å²) in [6.07, 6.45) is 0.838. The maximum absolute atomic E-state index is 11.5. The monoisotopic (exact) mass is 247 g/mol. The molecule has 0 saturated heterocycles. The summed E-state index contributed by atoms with van der Waals surface area (Å²) in [5.41, 5.74) is 6.76. The van der Waals surface area contributed by atoms with Gasteiger partial charge in [-0.3, -0.25) is 4.79 Å². The molecule has 18 heavy (non-hydrogen) atoms. The number of nitrogens with one attached hydrogen (secondary N) is 2. The number of carbonyl (C=O) groups is 1. The first-order valence-corrected chi connectivity index (χ1v) is 6.16. The second-order valence-electron chi connectivity index (χ2n) is 4.41. The average Bonchev–Trinajstić information content (AvgIpc) is 2.34. The smallest absolute Gasteiger partial charge is 0.259 e. The Hall–Kier alpha value is -1.84. The number of hydrogen-bond donors (Lipinski definition) is 2. The maximum atomic E-state index is 11.5. The molecule has 4 nitrogen and oxygen atoms in total. The van der Waals surface area contributed by atoms with Gasteiger partial charge < -0.3 is 5.32 Å². The Bertz CT molecular complexity index is 452.